The van der Waals surface area contributed by atoms with Crippen molar-refractivity contribution in [1.29, 1.82) is 0 Å². The Labute approximate surface area is 94.4 Å². The molecule has 7 heteroatoms. The highest BCUT2D eigenvalue weighted by atomic mass is 35.5. The molecule has 0 amide bonds. The smallest absolute Gasteiger partial charge is 0.233 e. The second-order valence-corrected chi connectivity index (χ2v) is 3.63. The van der Waals surface area contributed by atoms with Gasteiger partial charge in [-0.2, -0.15) is 0 Å². The van der Waals surface area contributed by atoms with E-state index >= 15 is 0 Å². The molecule has 0 aliphatic rings. The minimum atomic E-state index is -1.44. The molecular formula is C8H6Cl2FNO3. The van der Waals surface area contributed by atoms with Crippen molar-refractivity contribution in [3.8, 4) is 0 Å². The van der Waals surface area contributed by atoms with Crippen LogP contribution in [0.25, 0.3) is 0 Å². The number of nitro groups is 1. The van der Waals surface area contributed by atoms with Crippen LogP contribution in [-0.4, -0.2) is 16.6 Å². The summed E-state index contributed by atoms with van der Waals surface area (Å²) in [6.45, 7) is -0.731. The summed E-state index contributed by atoms with van der Waals surface area (Å²) in [5.74, 6) is -0.665. The van der Waals surface area contributed by atoms with Gasteiger partial charge >= 0.3 is 0 Å². The predicted octanol–water partition coefficient (Wildman–Crippen LogP) is 2.44. The van der Waals surface area contributed by atoms with Gasteiger partial charge in [-0.05, 0) is 12.1 Å². The largest absolute Gasteiger partial charge is 0.381 e. The zero-order valence-electron chi connectivity index (χ0n) is 7.28. The van der Waals surface area contributed by atoms with Crippen LogP contribution in [0.1, 0.15) is 11.7 Å². The molecule has 0 aliphatic heterocycles. The van der Waals surface area contributed by atoms with E-state index in [1.807, 2.05) is 0 Å². The predicted molar refractivity (Wildman–Crippen MR) is 53.2 cm³/mol. The van der Waals surface area contributed by atoms with Crippen molar-refractivity contribution >= 4 is 23.2 Å². The number of hydrogen-bond acceptors (Lipinski definition) is 3. The zero-order valence-corrected chi connectivity index (χ0v) is 8.80. The summed E-state index contributed by atoms with van der Waals surface area (Å²) in [5, 5.41) is 19.3. The SMILES string of the molecule is O=[N+]([O-])C[C@@H](O)c1c(Cl)cc(F)cc1Cl. The first kappa shape index (κ1) is 12.2. The molecule has 15 heavy (non-hydrogen) atoms. The number of rotatable bonds is 3. The fraction of sp³-hybridized carbons (Fsp3) is 0.250. The van der Waals surface area contributed by atoms with Crippen LogP contribution < -0.4 is 0 Å². The molecule has 0 heterocycles. The number of hydrogen-bond donors (Lipinski definition) is 1. The van der Waals surface area contributed by atoms with Crippen LogP contribution in [0.5, 0.6) is 0 Å². The first-order valence-electron chi connectivity index (χ1n) is 3.86. The van der Waals surface area contributed by atoms with Gasteiger partial charge in [-0.3, -0.25) is 10.1 Å². The van der Waals surface area contributed by atoms with Crippen LogP contribution in [-0.2, 0) is 0 Å². The molecule has 4 nitrogen and oxygen atoms in total. The third-order valence-electron chi connectivity index (χ3n) is 1.70. The summed E-state index contributed by atoms with van der Waals surface area (Å²) in [6, 6.07) is 1.87. The minimum absolute atomic E-state index is 0.0311. The van der Waals surface area contributed by atoms with Crippen LogP contribution >= 0.6 is 23.2 Å². The average Bonchev–Trinajstić information content (AvgIpc) is 1.99. The molecule has 0 spiro atoms. The van der Waals surface area contributed by atoms with E-state index in [1.165, 1.54) is 0 Å². The number of aliphatic hydroxyl groups excluding tert-OH is 1. The topological polar surface area (TPSA) is 63.4 Å². The van der Waals surface area contributed by atoms with E-state index in [4.69, 9.17) is 23.2 Å². The van der Waals surface area contributed by atoms with Crippen molar-refractivity contribution in [1.82, 2.24) is 0 Å². The van der Waals surface area contributed by atoms with E-state index < -0.39 is 23.4 Å². The molecule has 0 fully saturated rings. The molecule has 1 N–H and O–H groups in total. The number of aliphatic hydroxyl groups is 1. The normalized spacial score (nSPS) is 12.5. The lowest BCUT2D eigenvalue weighted by Crippen LogP contribution is -2.12. The van der Waals surface area contributed by atoms with Crippen molar-refractivity contribution in [2.24, 2.45) is 0 Å². The second-order valence-electron chi connectivity index (χ2n) is 2.81. The third kappa shape index (κ3) is 3.02. The Bertz CT molecular complexity index is 376. The van der Waals surface area contributed by atoms with E-state index in [1.54, 1.807) is 0 Å². The molecule has 0 saturated carbocycles. The number of nitrogens with zero attached hydrogens (tertiary/aromatic N) is 1. The van der Waals surface area contributed by atoms with E-state index in [9.17, 15) is 19.6 Å². The Morgan fingerprint density at radius 3 is 2.33 bits per heavy atom. The molecule has 1 atom stereocenters. The first-order valence-corrected chi connectivity index (χ1v) is 4.61. The molecule has 0 aromatic heterocycles. The lowest BCUT2D eigenvalue weighted by molar-refractivity contribution is -0.491. The highest BCUT2D eigenvalue weighted by Crippen LogP contribution is 2.31. The Hall–Kier alpha value is -0.910. The van der Waals surface area contributed by atoms with E-state index in [0.29, 0.717) is 0 Å². The van der Waals surface area contributed by atoms with Gasteiger partial charge < -0.3 is 5.11 Å². The molecule has 0 bridgehead atoms. The lowest BCUT2D eigenvalue weighted by Gasteiger charge is -2.10. The summed E-state index contributed by atoms with van der Waals surface area (Å²) in [7, 11) is 0. The van der Waals surface area contributed by atoms with Crippen molar-refractivity contribution in [3.05, 3.63) is 43.7 Å². The van der Waals surface area contributed by atoms with Crippen molar-refractivity contribution < 1.29 is 14.4 Å². The maximum Gasteiger partial charge on any atom is 0.233 e. The van der Waals surface area contributed by atoms with Crippen LogP contribution in [0.15, 0.2) is 12.1 Å². The molecular weight excluding hydrogens is 248 g/mol. The Morgan fingerprint density at radius 1 is 1.47 bits per heavy atom. The zero-order chi connectivity index (χ0) is 11.6. The minimum Gasteiger partial charge on any atom is -0.381 e. The highest BCUT2D eigenvalue weighted by molar-refractivity contribution is 6.36. The average molecular weight is 254 g/mol. The first-order chi connectivity index (χ1) is 6.91. The van der Waals surface area contributed by atoms with Crippen molar-refractivity contribution in [2.75, 3.05) is 6.54 Å². The number of benzene rings is 1. The summed E-state index contributed by atoms with van der Waals surface area (Å²) >= 11 is 11.2. The van der Waals surface area contributed by atoms with Crippen LogP contribution in [0.3, 0.4) is 0 Å². The molecule has 0 unspecified atom stereocenters. The Morgan fingerprint density at radius 2 is 1.93 bits per heavy atom. The standard InChI is InChI=1S/C8H6Cl2FNO3/c9-5-1-4(11)2-6(10)8(5)7(13)3-12(14)15/h1-2,7,13H,3H2/t7-/m1/s1. The maximum atomic E-state index is 12.7. The quantitative estimate of drug-likeness (QED) is 0.665. The number of halogens is 3. The van der Waals surface area contributed by atoms with Gasteiger partial charge in [-0.25, -0.2) is 4.39 Å². The van der Waals surface area contributed by atoms with E-state index in [2.05, 4.69) is 0 Å². The van der Waals surface area contributed by atoms with Gasteiger partial charge in [-0.1, -0.05) is 23.2 Å². The molecule has 1 aromatic carbocycles. The molecule has 1 rings (SSSR count). The fourth-order valence-electron chi connectivity index (χ4n) is 1.10. The summed E-state index contributed by atoms with van der Waals surface area (Å²) in [6.07, 6.45) is -1.44. The Balaban J connectivity index is 3.08. The molecule has 0 radical (unpaired) electrons. The Kier molecular flexibility index (Phi) is 3.84. The van der Waals surface area contributed by atoms with Gasteiger partial charge in [0.2, 0.25) is 6.54 Å². The fourth-order valence-corrected chi connectivity index (χ4v) is 1.82. The van der Waals surface area contributed by atoms with Crippen molar-refractivity contribution in [2.45, 2.75) is 6.10 Å². The summed E-state index contributed by atoms with van der Waals surface area (Å²) < 4.78 is 12.7. The molecule has 0 aliphatic carbocycles. The van der Waals surface area contributed by atoms with Gasteiger partial charge in [0, 0.05) is 10.5 Å². The van der Waals surface area contributed by atoms with Gasteiger partial charge in [0.25, 0.3) is 0 Å². The van der Waals surface area contributed by atoms with Gasteiger partial charge in [0.1, 0.15) is 11.9 Å². The van der Waals surface area contributed by atoms with Gasteiger partial charge in [0.05, 0.1) is 10.0 Å². The monoisotopic (exact) mass is 253 g/mol. The van der Waals surface area contributed by atoms with E-state index in [-0.39, 0.29) is 15.6 Å². The molecule has 0 saturated heterocycles. The van der Waals surface area contributed by atoms with Gasteiger partial charge in [0.15, 0.2) is 0 Å². The van der Waals surface area contributed by atoms with Gasteiger partial charge in [-0.15, -0.1) is 0 Å². The molecule has 82 valence electrons. The van der Waals surface area contributed by atoms with Crippen LogP contribution in [0.4, 0.5) is 4.39 Å². The lowest BCUT2D eigenvalue weighted by atomic mass is 10.1. The molecule has 1 aromatic rings. The highest BCUT2D eigenvalue weighted by Gasteiger charge is 2.21. The third-order valence-corrected chi connectivity index (χ3v) is 2.32. The summed E-state index contributed by atoms with van der Waals surface area (Å²) in [4.78, 5) is 9.45. The van der Waals surface area contributed by atoms with Crippen LogP contribution in [0, 0.1) is 15.9 Å². The summed E-state index contributed by atoms with van der Waals surface area (Å²) in [5.41, 5.74) is -0.0311. The van der Waals surface area contributed by atoms with Crippen molar-refractivity contribution in [3.63, 3.8) is 0 Å². The van der Waals surface area contributed by atoms with Crippen LogP contribution in [0.2, 0.25) is 10.0 Å². The second kappa shape index (κ2) is 4.74. The maximum absolute atomic E-state index is 12.7. The van der Waals surface area contributed by atoms with E-state index in [0.717, 1.165) is 12.1 Å².